The number of aromatic nitrogens is 1. The number of benzene rings is 1. The molecule has 1 atom stereocenters. The highest BCUT2D eigenvalue weighted by Crippen LogP contribution is 2.42. The number of aromatic amines is 1. The highest BCUT2D eigenvalue weighted by atomic mass is 35.5. The van der Waals surface area contributed by atoms with Gasteiger partial charge in [0.25, 0.3) is 5.56 Å². The number of carbonyl (C=O) groups excluding carboxylic acids is 1. The zero-order chi connectivity index (χ0) is 25.7. The molecule has 1 N–H and O–H groups in total. The smallest absolute Gasteiger partial charge is 0.422 e. The van der Waals surface area contributed by atoms with E-state index in [1.54, 1.807) is 20.8 Å². The van der Waals surface area contributed by atoms with Gasteiger partial charge < -0.3 is 23.9 Å². The molecule has 0 bridgehead atoms. The van der Waals surface area contributed by atoms with Gasteiger partial charge in [-0.2, -0.15) is 13.2 Å². The Morgan fingerprint density at radius 1 is 1.15 bits per heavy atom. The van der Waals surface area contributed by atoms with Crippen LogP contribution < -0.4 is 15.0 Å². The molecule has 1 unspecified atom stereocenters. The van der Waals surface area contributed by atoms with Gasteiger partial charge in [-0.15, -0.1) is 0 Å². The summed E-state index contributed by atoms with van der Waals surface area (Å²) in [5.41, 5.74) is -1.45. The molecule has 188 valence electrons. The van der Waals surface area contributed by atoms with Gasteiger partial charge in [0.15, 0.2) is 6.61 Å². The number of alkyl halides is 3. The number of halogens is 4. The molecule has 0 aliphatic carbocycles. The van der Waals surface area contributed by atoms with Crippen LogP contribution in [0.25, 0.3) is 11.1 Å². The molecule has 0 saturated carbocycles. The van der Waals surface area contributed by atoms with E-state index in [2.05, 4.69) is 4.98 Å². The third-order valence-electron chi connectivity index (χ3n) is 4.57. The van der Waals surface area contributed by atoms with Crippen LogP contribution in [0, 0.1) is 0 Å². The van der Waals surface area contributed by atoms with Crippen LogP contribution in [-0.4, -0.2) is 50.2 Å². The lowest BCUT2D eigenvalue weighted by Gasteiger charge is -2.26. The number of carbonyl (C=O) groups is 1. The third kappa shape index (κ3) is 7.39. The predicted molar refractivity (Wildman–Crippen MR) is 121 cm³/mol. The van der Waals surface area contributed by atoms with E-state index in [9.17, 15) is 22.8 Å². The summed E-state index contributed by atoms with van der Waals surface area (Å²) in [4.78, 5) is 28.7. The number of nitrogens with one attached hydrogen (secondary N) is 1. The molecule has 7 nitrogen and oxygen atoms in total. The molecular formula is C23H27ClF3NO6. The van der Waals surface area contributed by atoms with Gasteiger partial charge in [-0.3, -0.25) is 9.59 Å². The number of ether oxygens (including phenoxy) is 4. The summed E-state index contributed by atoms with van der Waals surface area (Å²) >= 11 is 6.14. The molecule has 0 aliphatic heterocycles. The van der Waals surface area contributed by atoms with Crippen LogP contribution in [0.15, 0.2) is 29.2 Å². The summed E-state index contributed by atoms with van der Waals surface area (Å²) in [7, 11) is 2.75. The zero-order valence-corrected chi connectivity index (χ0v) is 20.2. The van der Waals surface area contributed by atoms with Crippen molar-refractivity contribution in [1.82, 2.24) is 4.98 Å². The van der Waals surface area contributed by atoms with Gasteiger partial charge >= 0.3 is 12.1 Å². The van der Waals surface area contributed by atoms with Crippen molar-refractivity contribution >= 4 is 17.6 Å². The maximum absolute atomic E-state index is 13.1. The fourth-order valence-corrected chi connectivity index (χ4v) is 3.44. The van der Waals surface area contributed by atoms with E-state index in [0.29, 0.717) is 0 Å². The second kappa shape index (κ2) is 11.1. The second-order valence-electron chi connectivity index (χ2n) is 8.39. The van der Waals surface area contributed by atoms with Crippen molar-refractivity contribution in [3.8, 4) is 22.6 Å². The molecular weight excluding hydrogens is 479 g/mol. The quantitative estimate of drug-likeness (QED) is 0.477. The molecule has 2 rings (SSSR count). The van der Waals surface area contributed by atoms with Crippen LogP contribution in [0.3, 0.4) is 0 Å². The summed E-state index contributed by atoms with van der Waals surface area (Å²) in [5.74, 6) is -1.92. The summed E-state index contributed by atoms with van der Waals surface area (Å²) in [6, 6.07) is 3.95. The third-order valence-corrected chi connectivity index (χ3v) is 4.80. The average molecular weight is 506 g/mol. The van der Waals surface area contributed by atoms with E-state index in [1.807, 2.05) is 0 Å². The van der Waals surface area contributed by atoms with Crippen molar-refractivity contribution in [2.24, 2.45) is 0 Å². The highest BCUT2D eigenvalue weighted by Gasteiger charge is 2.34. The monoisotopic (exact) mass is 505 g/mol. The first-order chi connectivity index (χ1) is 15.8. The minimum atomic E-state index is -4.60. The fraction of sp³-hybridized carbons (Fsp3) is 0.478. The zero-order valence-electron chi connectivity index (χ0n) is 19.5. The molecule has 1 aromatic heterocycles. The summed E-state index contributed by atoms with van der Waals surface area (Å²) in [5, 5.41) is 0.174. The second-order valence-corrected chi connectivity index (χ2v) is 8.82. The number of pyridine rings is 1. The van der Waals surface area contributed by atoms with Crippen LogP contribution in [0.1, 0.15) is 38.7 Å². The lowest BCUT2D eigenvalue weighted by atomic mass is 9.88. The first-order valence-corrected chi connectivity index (χ1v) is 10.7. The minimum absolute atomic E-state index is 0.0562. The van der Waals surface area contributed by atoms with Crippen molar-refractivity contribution in [2.75, 3.05) is 27.4 Å². The molecule has 0 aliphatic rings. The van der Waals surface area contributed by atoms with E-state index in [-0.39, 0.29) is 46.2 Å². The Bertz CT molecular complexity index is 1060. The predicted octanol–water partition coefficient (Wildman–Crippen LogP) is 5.11. The Balaban J connectivity index is 2.80. The maximum Gasteiger partial charge on any atom is 0.422 e. The number of rotatable bonds is 9. The molecule has 0 saturated heterocycles. The first kappa shape index (κ1) is 27.5. The molecule has 0 fully saturated rings. The van der Waals surface area contributed by atoms with Gasteiger partial charge in [0.1, 0.15) is 17.1 Å². The van der Waals surface area contributed by atoms with E-state index >= 15 is 0 Å². The van der Waals surface area contributed by atoms with Crippen molar-refractivity contribution < 1.29 is 36.9 Å². The Morgan fingerprint density at radius 2 is 1.82 bits per heavy atom. The highest BCUT2D eigenvalue weighted by molar-refractivity contribution is 6.31. The van der Waals surface area contributed by atoms with Crippen molar-refractivity contribution in [3.05, 3.63) is 45.3 Å². The Labute approximate surface area is 200 Å². The molecule has 0 radical (unpaired) electrons. The van der Waals surface area contributed by atoms with E-state index < -0.39 is 35.8 Å². The first-order valence-electron chi connectivity index (χ1n) is 10.3. The van der Waals surface area contributed by atoms with Crippen LogP contribution in [0.2, 0.25) is 5.02 Å². The molecule has 2 aromatic rings. The largest absolute Gasteiger partial charge is 0.495 e. The fourth-order valence-electron chi connectivity index (χ4n) is 3.27. The number of esters is 1. The standard InChI is InChI=1S/C23H27ClF3NO6/c1-22(2,3)34-21(30)14(8-9-31-4)19-18(17(32-5)11-28-20(19)29)15-10-13(24)6-7-16(15)33-12-23(25,26)27/h6-7,10-11,14H,8-9,12H2,1-5H3,(H,28,29). The minimum Gasteiger partial charge on any atom is -0.495 e. The van der Waals surface area contributed by atoms with Crippen molar-refractivity contribution in [1.29, 1.82) is 0 Å². The Kier molecular flexibility index (Phi) is 9.02. The normalized spacial score (nSPS) is 12.9. The van der Waals surface area contributed by atoms with Crippen LogP contribution in [0.5, 0.6) is 11.5 Å². The lowest BCUT2D eigenvalue weighted by Crippen LogP contribution is -2.31. The van der Waals surface area contributed by atoms with Crippen LogP contribution in [-0.2, 0) is 14.3 Å². The van der Waals surface area contributed by atoms with Crippen LogP contribution >= 0.6 is 11.6 Å². The Morgan fingerprint density at radius 3 is 2.38 bits per heavy atom. The molecule has 34 heavy (non-hydrogen) atoms. The van der Waals surface area contributed by atoms with E-state index in [1.165, 1.54) is 38.6 Å². The van der Waals surface area contributed by atoms with Gasteiger partial charge in [0.2, 0.25) is 0 Å². The molecule has 1 heterocycles. The van der Waals surface area contributed by atoms with Gasteiger partial charge in [-0.1, -0.05) is 11.6 Å². The van der Waals surface area contributed by atoms with Gasteiger partial charge in [0, 0.05) is 41.6 Å². The number of hydrogen-bond acceptors (Lipinski definition) is 6. The van der Waals surface area contributed by atoms with Gasteiger partial charge in [0.05, 0.1) is 13.0 Å². The average Bonchev–Trinajstić information content (AvgIpc) is 2.72. The summed E-state index contributed by atoms with van der Waals surface area (Å²) < 4.78 is 59.7. The van der Waals surface area contributed by atoms with Gasteiger partial charge in [-0.25, -0.2) is 0 Å². The van der Waals surface area contributed by atoms with Crippen molar-refractivity contribution in [2.45, 2.75) is 44.9 Å². The number of hydrogen-bond donors (Lipinski definition) is 1. The van der Waals surface area contributed by atoms with Crippen molar-refractivity contribution in [3.63, 3.8) is 0 Å². The summed E-state index contributed by atoms with van der Waals surface area (Å²) in [6.07, 6.45) is -3.29. The summed E-state index contributed by atoms with van der Waals surface area (Å²) in [6.45, 7) is 3.56. The maximum atomic E-state index is 13.1. The molecule has 11 heteroatoms. The number of H-pyrrole nitrogens is 1. The topological polar surface area (TPSA) is 86.8 Å². The molecule has 1 aromatic carbocycles. The SMILES string of the molecule is COCCC(C(=O)OC(C)(C)C)c1c(-c2cc(Cl)ccc2OCC(F)(F)F)c(OC)c[nH]c1=O. The lowest BCUT2D eigenvalue weighted by molar-refractivity contribution is -0.157. The van der Waals surface area contributed by atoms with E-state index in [0.717, 1.165) is 0 Å². The molecule has 0 amide bonds. The Hall–Kier alpha value is -2.72. The molecule has 0 spiro atoms. The van der Waals surface area contributed by atoms with E-state index in [4.69, 9.17) is 30.5 Å². The van der Waals surface area contributed by atoms with Crippen LogP contribution in [0.4, 0.5) is 13.2 Å². The van der Waals surface area contributed by atoms with Gasteiger partial charge in [-0.05, 0) is 45.4 Å². The number of methoxy groups -OCH3 is 2.